The third kappa shape index (κ3) is 4.66. The maximum Gasteiger partial charge on any atom is 0.416 e. The number of nitrogens with one attached hydrogen (secondary N) is 2. The van der Waals surface area contributed by atoms with E-state index in [9.17, 15) is 18.3 Å². The van der Waals surface area contributed by atoms with Crippen molar-refractivity contribution in [2.45, 2.75) is 25.1 Å². The third-order valence-electron chi connectivity index (χ3n) is 5.75. The Bertz CT molecular complexity index is 1400. The average Bonchev–Trinajstić information content (AvgIpc) is 3.53. The summed E-state index contributed by atoms with van der Waals surface area (Å²) in [6.07, 6.45) is -2.15. The van der Waals surface area contributed by atoms with E-state index < -0.39 is 11.7 Å². The van der Waals surface area contributed by atoms with E-state index in [1.807, 2.05) is 0 Å². The molecule has 6 nitrogen and oxygen atoms in total. The molecule has 176 valence electrons. The molecule has 0 radical (unpaired) electrons. The van der Waals surface area contributed by atoms with E-state index in [0.29, 0.717) is 26.2 Å². The van der Waals surface area contributed by atoms with Gasteiger partial charge in [0.2, 0.25) is 5.88 Å². The topological polar surface area (TPSA) is 81.9 Å². The van der Waals surface area contributed by atoms with Crippen LogP contribution in [0.15, 0.2) is 46.6 Å². The quantitative estimate of drug-likeness (QED) is 0.494. The van der Waals surface area contributed by atoms with Gasteiger partial charge < -0.3 is 15.7 Å². The van der Waals surface area contributed by atoms with Gasteiger partial charge in [0.25, 0.3) is 0 Å². The summed E-state index contributed by atoms with van der Waals surface area (Å²) in [6, 6.07) is 9.24. The first-order valence-electron chi connectivity index (χ1n) is 10.6. The number of rotatable bonds is 5. The van der Waals surface area contributed by atoms with Gasteiger partial charge in [-0.15, -0.1) is 0 Å². The number of hydrogen-bond donors (Lipinski definition) is 3. The minimum atomic E-state index is -4.58. The van der Waals surface area contributed by atoms with Crippen molar-refractivity contribution < 1.29 is 18.3 Å². The molecule has 2 aromatic carbocycles. The lowest BCUT2D eigenvalue weighted by molar-refractivity contribution is -0.138. The van der Waals surface area contributed by atoms with Gasteiger partial charge in [0.15, 0.2) is 5.13 Å². The van der Waals surface area contributed by atoms with Crippen LogP contribution >= 0.6 is 22.9 Å². The fraction of sp³-hybridized carbons (Fsp3) is 0.261. The molecule has 1 saturated heterocycles. The summed E-state index contributed by atoms with van der Waals surface area (Å²) in [4.78, 5) is 4.65. The second kappa shape index (κ2) is 9.01. The van der Waals surface area contributed by atoms with E-state index in [1.165, 1.54) is 23.5 Å². The molecule has 0 saturated carbocycles. The first-order valence-corrected chi connectivity index (χ1v) is 11.7. The van der Waals surface area contributed by atoms with Crippen LogP contribution in [-0.2, 0) is 12.6 Å². The predicted molar refractivity (Wildman–Crippen MR) is 126 cm³/mol. The molecular weight excluding hydrogens is 487 g/mol. The van der Waals surface area contributed by atoms with Gasteiger partial charge in [-0.25, -0.2) is 0 Å². The highest BCUT2D eigenvalue weighted by molar-refractivity contribution is 7.17. The number of halogens is 4. The Labute approximate surface area is 201 Å². The second-order valence-corrected chi connectivity index (χ2v) is 9.51. The lowest BCUT2D eigenvalue weighted by Gasteiger charge is -2.15. The Morgan fingerprint density at radius 2 is 2.09 bits per heavy atom. The van der Waals surface area contributed by atoms with E-state index in [4.69, 9.17) is 11.6 Å². The molecule has 3 aromatic rings. The zero-order chi connectivity index (χ0) is 23.9. The Kier molecular flexibility index (Phi) is 6.05. The molecule has 2 aliphatic rings. The number of nitrogens with zero attached hydrogens (tertiary/aromatic N) is 3. The molecule has 34 heavy (non-hydrogen) atoms. The standard InChI is InChI=1S/C23H19ClF3N5OS/c24-15-3-1-13(18(9-15)23(25,26)27)8-17(12-2-4-19-14(7-12)10-29-32-19)20-21(33)31-22(34-20)30-16-5-6-28-11-16/h1-4,7,9-10,16,28,33H,5-6,8,11H2,(H,30,31)/t16-/m0/s1. The summed E-state index contributed by atoms with van der Waals surface area (Å²) in [5.74, 6) is -0.227. The van der Waals surface area contributed by atoms with Crippen LogP contribution in [0.1, 0.15) is 28.0 Å². The molecule has 0 spiro atoms. The summed E-state index contributed by atoms with van der Waals surface area (Å²) in [7, 11) is 0. The van der Waals surface area contributed by atoms with Crippen molar-refractivity contribution in [1.82, 2.24) is 10.3 Å². The van der Waals surface area contributed by atoms with Crippen molar-refractivity contribution >= 4 is 39.9 Å². The summed E-state index contributed by atoms with van der Waals surface area (Å²) >= 11 is 7.09. The Hall–Kier alpha value is -2.95. The van der Waals surface area contributed by atoms with Crippen LogP contribution in [0.3, 0.4) is 0 Å². The van der Waals surface area contributed by atoms with Crippen molar-refractivity contribution in [1.29, 1.82) is 0 Å². The third-order valence-corrected chi connectivity index (χ3v) is 7.02. The summed E-state index contributed by atoms with van der Waals surface area (Å²) < 4.78 is 41.4. The van der Waals surface area contributed by atoms with Crippen molar-refractivity contribution in [2.75, 3.05) is 18.4 Å². The first kappa shape index (κ1) is 22.8. The van der Waals surface area contributed by atoms with Gasteiger partial charge in [-0.1, -0.05) is 35.1 Å². The number of benzene rings is 2. The number of fused-ring (bicyclic) bond motifs is 1. The minimum Gasteiger partial charge on any atom is -0.492 e. The normalized spacial score (nSPS) is 18.1. The Balaban J connectivity index is 1.64. The van der Waals surface area contributed by atoms with Gasteiger partial charge in [-0.2, -0.15) is 28.4 Å². The predicted octanol–water partition coefficient (Wildman–Crippen LogP) is 3.70. The molecule has 3 N–H and O–H groups in total. The summed E-state index contributed by atoms with van der Waals surface area (Å²) in [6.45, 7) is 1.66. The van der Waals surface area contributed by atoms with Crippen molar-refractivity contribution in [3.63, 3.8) is 0 Å². The summed E-state index contributed by atoms with van der Waals surface area (Å²) in [5.41, 5.74) is 0.507. The lowest BCUT2D eigenvalue weighted by atomic mass is 9.96. The van der Waals surface area contributed by atoms with Crippen molar-refractivity contribution in [3.8, 4) is 5.88 Å². The number of alkyl halides is 3. The molecule has 0 unspecified atom stereocenters. The van der Waals surface area contributed by atoms with Crippen molar-refractivity contribution in [3.05, 3.63) is 73.6 Å². The van der Waals surface area contributed by atoms with Crippen LogP contribution in [0.5, 0.6) is 5.88 Å². The molecule has 1 fully saturated rings. The minimum absolute atomic E-state index is 0.00488. The molecule has 11 heteroatoms. The molecule has 5 rings (SSSR count). The number of thiazole rings is 1. The van der Waals surface area contributed by atoms with E-state index in [0.717, 1.165) is 31.1 Å². The highest BCUT2D eigenvalue weighted by Crippen LogP contribution is 2.39. The highest BCUT2D eigenvalue weighted by atomic mass is 35.5. The van der Waals surface area contributed by atoms with Crippen LogP contribution in [0.4, 0.5) is 18.3 Å². The zero-order valence-electron chi connectivity index (χ0n) is 17.7. The van der Waals surface area contributed by atoms with E-state index >= 15 is 0 Å². The molecule has 2 aliphatic heterocycles. The summed E-state index contributed by atoms with van der Waals surface area (Å²) in [5, 5.41) is 27.0. The fourth-order valence-corrected chi connectivity index (χ4v) is 5.26. The Morgan fingerprint density at radius 1 is 1.24 bits per heavy atom. The first-order chi connectivity index (χ1) is 16.3. The monoisotopic (exact) mass is 505 g/mol. The lowest BCUT2D eigenvalue weighted by Crippen LogP contribution is -2.21. The van der Waals surface area contributed by atoms with Crippen LogP contribution in [0, 0.1) is 0 Å². The molecule has 0 bridgehead atoms. The van der Waals surface area contributed by atoms with Gasteiger partial charge in [0, 0.05) is 29.6 Å². The Morgan fingerprint density at radius 3 is 2.85 bits per heavy atom. The van der Waals surface area contributed by atoms with Crippen LogP contribution < -0.4 is 21.2 Å². The second-order valence-electron chi connectivity index (χ2n) is 8.08. The van der Waals surface area contributed by atoms with Crippen molar-refractivity contribution in [2.24, 2.45) is 10.2 Å². The molecule has 1 aromatic heterocycles. The van der Waals surface area contributed by atoms with E-state index in [2.05, 4.69) is 25.8 Å². The van der Waals surface area contributed by atoms with Crippen LogP contribution in [-0.4, -0.2) is 35.4 Å². The largest absolute Gasteiger partial charge is 0.492 e. The molecule has 1 atom stereocenters. The maximum atomic E-state index is 13.8. The van der Waals surface area contributed by atoms with Gasteiger partial charge in [0.1, 0.15) is 0 Å². The highest BCUT2D eigenvalue weighted by Gasteiger charge is 2.34. The van der Waals surface area contributed by atoms with E-state index in [1.54, 1.807) is 24.4 Å². The zero-order valence-corrected chi connectivity index (χ0v) is 19.2. The van der Waals surface area contributed by atoms with Gasteiger partial charge in [-0.05, 0) is 53.6 Å². The average molecular weight is 506 g/mol. The number of aromatic nitrogens is 1. The molecular formula is C23H19ClF3N5OS. The fourth-order valence-electron chi connectivity index (χ4n) is 4.08. The van der Waals surface area contributed by atoms with Crippen LogP contribution in [0.25, 0.3) is 5.57 Å². The molecule has 0 aliphatic carbocycles. The molecule has 3 heterocycles. The SMILES string of the molecule is Oc1nc(N[C@H]2CCNC2)sc1C(Cc1ccc(Cl)cc1C(F)(F)F)=c1ccc2c(c1)C=NN=2. The van der Waals surface area contributed by atoms with Gasteiger partial charge in [-0.3, -0.25) is 0 Å². The number of aromatic hydroxyl groups is 1. The number of hydrogen-bond acceptors (Lipinski definition) is 7. The maximum absolute atomic E-state index is 13.8. The van der Waals surface area contributed by atoms with Gasteiger partial charge in [0.05, 0.1) is 22.0 Å². The smallest absolute Gasteiger partial charge is 0.416 e. The molecule has 0 amide bonds. The van der Waals surface area contributed by atoms with E-state index in [-0.39, 0.29) is 28.9 Å². The number of anilines is 1. The van der Waals surface area contributed by atoms with Crippen LogP contribution in [0.2, 0.25) is 5.02 Å². The van der Waals surface area contributed by atoms with Gasteiger partial charge >= 0.3 is 6.18 Å².